The number of aryl methyl sites for hydroxylation is 1. The Kier molecular flexibility index (Phi) is 8.52. The SMILES string of the molecule is CCCCCCCCCC(O)Cc1ccc(F)cc1C. The van der Waals surface area contributed by atoms with Crippen molar-refractivity contribution in [1.82, 2.24) is 0 Å². The van der Waals surface area contributed by atoms with Gasteiger partial charge in [-0.05, 0) is 43.0 Å². The van der Waals surface area contributed by atoms with Crippen molar-refractivity contribution in [2.75, 3.05) is 0 Å². The van der Waals surface area contributed by atoms with Crippen LogP contribution in [0.15, 0.2) is 18.2 Å². The van der Waals surface area contributed by atoms with Crippen molar-refractivity contribution in [1.29, 1.82) is 0 Å². The predicted molar refractivity (Wildman–Crippen MR) is 83.5 cm³/mol. The van der Waals surface area contributed by atoms with E-state index in [-0.39, 0.29) is 11.9 Å². The van der Waals surface area contributed by atoms with Crippen LogP contribution in [0.1, 0.15) is 69.4 Å². The molecule has 0 aliphatic carbocycles. The number of rotatable bonds is 10. The topological polar surface area (TPSA) is 20.2 Å². The molecular formula is C18H29FO. The highest BCUT2D eigenvalue weighted by Crippen LogP contribution is 2.16. The van der Waals surface area contributed by atoms with Crippen LogP contribution in [0.3, 0.4) is 0 Å². The summed E-state index contributed by atoms with van der Waals surface area (Å²) in [4.78, 5) is 0. The Hall–Kier alpha value is -0.890. The van der Waals surface area contributed by atoms with Gasteiger partial charge < -0.3 is 5.11 Å². The number of aliphatic hydroxyl groups excluding tert-OH is 1. The fourth-order valence-electron chi connectivity index (χ4n) is 2.58. The molecule has 0 bridgehead atoms. The smallest absolute Gasteiger partial charge is 0.123 e. The minimum absolute atomic E-state index is 0.201. The van der Waals surface area contributed by atoms with E-state index >= 15 is 0 Å². The molecule has 2 heteroatoms. The number of hydrogen-bond acceptors (Lipinski definition) is 1. The molecule has 0 amide bonds. The van der Waals surface area contributed by atoms with E-state index in [1.807, 2.05) is 6.92 Å². The maximum atomic E-state index is 13.0. The molecule has 114 valence electrons. The van der Waals surface area contributed by atoms with Crippen LogP contribution in [0.4, 0.5) is 4.39 Å². The van der Waals surface area contributed by atoms with Gasteiger partial charge in [-0.2, -0.15) is 0 Å². The van der Waals surface area contributed by atoms with E-state index in [1.54, 1.807) is 6.07 Å². The third kappa shape index (κ3) is 7.04. The predicted octanol–water partition coefficient (Wildman–Crippen LogP) is 5.18. The second-order valence-electron chi connectivity index (χ2n) is 5.84. The van der Waals surface area contributed by atoms with Gasteiger partial charge in [0.1, 0.15) is 5.82 Å². The van der Waals surface area contributed by atoms with E-state index < -0.39 is 0 Å². The van der Waals surface area contributed by atoms with Gasteiger partial charge in [0.05, 0.1) is 6.10 Å². The second-order valence-corrected chi connectivity index (χ2v) is 5.84. The van der Waals surface area contributed by atoms with Gasteiger partial charge in [-0.1, -0.05) is 57.9 Å². The van der Waals surface area contributed by atoms with Crippen LogP contribution >= 0.6 is 0 Å². The molecule has 0 fully saturated rings. The van der Waals surface area contributed by atoms with E-state index in [2.05, 4.69) is 6.92 Å². The minimum atomic E-state index is -0.296. The zero-order chi connectivity index (χ0) is 14.8. The van der Waals surface area contributed by atoms with Crippen molar-refractivity contribution in [3.8, 4) is 0 Å². The molecule has 1 rings (SSSR count). The molecule has 0 radical (unpaired) electrons. The van der Waals surface area contributed by atoms with E-state index in [0.29, 0.717) is 6.42 Å². The van der Waals surface area contributed by atoms with Crippen molar-refractivity contribution >= 4 is 0 Å². The van der Waals surface area contributed by atoms with Crippen molar-refractivity contribution in [2.45, 2.75) is 77.7 Å². The summed E-state index contributed by atoms with van der Waals surface area (Å²) in [6, 6.07) is 4.80. The number of hydrogen-bond donors (Lipinski definition) is 1. The lowest BCUT2D eigenvalue weighted by atomic mass is 9.98. The lowest BCUT2D eigenvalue weighted by Gasteiger charge is -2.12. The molecule has 0 aliphatic heterocycles. The highest BCUT2D eigenvalue weighted by molar-refractivity contribution is 5.27. The van der Waals surface area contributed by atoms with Gasteiger partial charge in [0.15, 0.2) is 0 Å². The number of halogens is 1. The molecule has 1 aromatic rings. The van der Waals surface area contributed by atoms with E-state index in [0.717, 1.165) is 24.0 Å². The molecular weight excluding hydrogens is 251 g/mol. The molecule has 20 heavy (non-hydrogen) atoms. The Bertz CT molecular complexity index is 376. The molecule has 1 unspecified atom stereocenters. The third-order valence-corrected chi connectivity index (χ3v) is 3.90. The molecule has 0 saturated heterocycles. The zero-order valence-corrected chi connectivity index (χ0v) is 13.0. The average Bonchev–Trinajstić information content (AvgIpc) is 2.41. The Morgan fingerprint density at radius 2 is 1.70 bits per heavy atom. The quantitative estimate of drug-likeness (QED) is 0.586. The van der Waals surface area contributed by atoms with Gasteiger partial charge in [0, 0.05) is 0 Å². The summed E-state index contributed by atoms with van der Waals surface area (Å²) in [6.45, 7) is 4.13. The number of aliphatic hydroxyl groups is 1. The summed E-state index contributed by atoms with van der Waals surface area (Å²) in [5.74, 6) is -0.201. The molecule has 0 aliphatic rings. The van der Waals surface area contributed by atoms with Crippen molar-refractivity contribution in [3.05, 3.63) is 35.1 Å². The fourth-order valence-corrected chi connectivity index (χ4v) is 2.58. The van der Waals surface area contributed by atoms with Crippen molar-refractivity contribution < 1.29 is 9.50 Å². The first-order valence-electron chi connectivity index (χ1n) is 8.06. The third-order valence-electron chi connectivity index (χ3n) is 3.90. The Morgan fingerprint density at radius 1 is 1.05 bits per heavy atom. The average molecular weight is 280 g/mol. The van der Waals surface area contributed by atoms with E-state index in [1.165, 1.54) is 50.7 Å². The van der Waals surface area contributed by atoms with Crippen molar-refractivity contribution in [2.24, 2.45) is 0 Å². The lowest BCUT2D eigenvalue weighted by molar-refractivity contribution is 0.160. The Balaban J connectivity index is 2.15. The van der Waals surface area contributed by atoms with Crippen molar-refractivity contribution in [3.63, 3.8) is 0 Å². The highest BCUT2D eigenvalue weighted by Gasteiger charge is 2.08. The first kappa shape index (κ1) is 17.2. The molecule has 1 N–H and O–H groups in total. The first-order valence-corrected chi connectivity index (χ1v) is 8.06. The summed E-state index contributed by atoms with van der Waals surface area (Å²) in [5.41, 5.74) is 1.99. The van der Waals surface area contributed by atoms with Gasteiger partial charge >= 0.3 is 0 Å². The lowest BCUT2D eigenvalue weighted by Crippen LogP contribution is -2.11. The molecule has 1 aromatic carbocycles. The maximum Gasteiger partial charge on any atom is 0.123 e. The van der Waals surface area contributed by atoms with Gasteiger partial charge in [0.25, 0.3) is 0 Å². The van der Waals surface area contributed by atoms with Gasteiger partial charge in [0.2, 0.25) is 0 Å². The fraction of sp³-hybridized carbons (Fsp3) is 0.667. The summed E-state index contributed by atoms with van der Waals surface area (Å²) in [6.07, 6.45) is 10.1. The van der Waals surface area contributed by atoms with E-state index in [4.69, 9.17) is 0 Å². The molecule has 1 atom stereocenters. The Morgan fingerprint density at radius 3 is 2.35 bits per heavy atom. The zero-order valence-electron chi connectivity index (χ0n) is 13.0. The van der Waals surface area contributed by atoms with Gasteiger partial charge in [-0.3, -0.25) is 0 Å². The summed E-state index contributed by atoms with van der Waals surface area (Å²) in [7, 11) is 0. The minimum Gasteiger partial charge on any atom is -0.393 e. The second kappa shape index (κ2) is 9.93. The summed E-state index contributed by atoms with van der Waals surface area (Å²) in [5, 5.41) is 10.0. The van der Waals surface area contributed by atoms with E-state index in [9.17, 15) is 9.50 Å². The maximum absolute atomic E-state index is 13.0. The summed E-state index contributed by atoms with van der Waals surface area (Å²) < 4.78 is 13.0. The first-order chi connectivity index (χ1) is 9.63. The molecule has 0 heterocycles. The standard InChI is InChI=1S/C18H29FO/c1-3-4-5-6-7-8-9-10-18(20)14-16-11-12-17(19)13-15(16)2/h11-13,18,20H,3-10,14H2,1-2H3. The molecule has 1 nitrogen and oxygen atoms in total. The largest absolute Gasteiger partial charge is 0.393 e. The van der Waals surface area contributed by atoms with Crippen LogP contribution in [-0.2, 0) is 6.42 Å². The van der Waals surface area contributed by atoms with Gasteiger partial charge in [-0.25, -0.2) is 4.39 Å². The number of benzene rings is 1. The molecule has 0 saturated carbocycles. The van der Waals surface area contributed by atoms with Gasteiger partial charge in [-0.15, -0.1) is 0 Å². The Labute approximate surface area is 123 Å². The van der Waals surface area contributed by atoms with Crippen LogP contribution in [0.5, 0.6) is 0 Å². The van der Waals surface area contributed by atoms with Crippen LogP contribution < -0.4 is 0 Å². The highest BCUT2D eigenvalue weighted by atomic mass is 19.1. The molecule has 0 spiro atoms. The van der Waals surface area contributed by atoms with Crippen LogP contribution in [0.2, 0.25) is 0 Å². The summed E-state index contributed by atoms with van der Waals surface area (Å²) >= 11 is 0. The molecule has 0 aromatic heterocycles. The monoisotopic (exact) mass is 280 g/mol. The van der Waals surface area contributed by atoms with Crippen LogP contribution in [0.25, 0.3) is 0 Å². The van der Waals surface area contributed by atoms with Crippen LogP contribution in [0, 0.1) is 12.7 Å². The number of unbranched alkanes of at least 4 members (excludes halogenated alkanes) is 6. The van der Waals surface area contributed by atoms with Crippen LogP contribution in [-0.4, -0.2) is 11.2 Å². The normalized spacial score (nSPS) is 12.6.